The van der Waals surface area contributed by atoms with Gasteiger partial charge in [-0.15, -0.1) is 0 Å². The molecule has 0 aliphatic carbocycles. The molecule has 22 heavy (non-hydrogen) atoms. The van der Waals surface area contributed by atoms with Gasteiger partial charge < -0.3 is 14.6 Å². The Labute approximate surface area is 131 Å². The number of Topliss-reactive ketones (excluding diaryl/α,β-unsaturated/α-hetero) is 1. The maximum Gasteiger partial charge on any atom is 0.313 e. The lowest BCUT2D eigenvalue weighted by molar-refractivity contribution is -0.159. The van der Waals surface area contributed by atoms with Crippen LogP contribution in [0.1, 0.15) is 65.2 Å². The van der Waals surface area contributed by atoms with Gasteiger partial charge in [0.1, 0.15) is 24.4 Å². The van der Waals surface area contributed by atoms with Crippen molar-refractivity contribution in [1.82, 2.24) is 0 Å². The second kappa shape index (κ2) is 9.56. The molecule has 1 fully saturated rings. The van der Waals surface area contributed by atoms with E-state index in [-0.39, 0.29) is 18.6 Å². The van der Waals surface area contributed by atoms with Crippen molar-refractivity contribution in [3.63, 3.8) is 0 Å². The fourth-order valence-electron chi connectivity index (χ4n) is 2.60. The van der Waals surface area contributed by atoms with E-state index < -0.39 is 30.3 Å². The van der Waals surface area contributed by atoms with Gasteiger partial charge in [-0.2, -0.15) is 0 Å². The molecule has 1 heterocycles. The van der Waals surface area contributed by atoms with Crippen molar-refractivity contribution in [2.45, 2.75) is 83.5 Å². The molecule has 0 bridgehead atoms. The minimum atomic E-state index is -0.799. The third-order valence-corrected chi connectivity index (χ3v) is 3.72. The average molecular weight is 314 g/mol. The Balaban J connectivity index is 2.70. The molecular formula is C16H26O6. The van der Waals surface area contributed by atoms with Gasteiger partial charge in [0.2, 0.25) is 0 Å². The molecule has 0 spiro atoms. The first-order valence-corrected chi connectivity index (χ1v) is 7.98. The Hall–Kier alpha value is -1.43. The van der Waals surface area contributed by atoms with Crippen LogP contribution in [0.2, 0.25) is 0 Å². The predicted octanol–water partition coefficient (Wildman–Crippen LogP) is 1.91. The van der Waals surface area contributed by atoms with Crippen LogP contribution in [0.25, 0.3) is 0 Å². The molecule has 0 aromatic carbocycles. The number of carbonyl (C=O) groups excluding carboxylic acids is 3. The van der Waals surface area contributed by atoms with Gasteiger partial charge in [-0.25, -0.2) is 0 Å². The number of carbonyl (C=O) groups is 3. The molecule has 0 amide bonds. The highest BCUT2D eigenvalue weighted by Crippen LogP contribution is 2.20. The highest BCUT2D eigenvalue weighted by atomic mass is 16.6. The van der Waals surface area contributed by atoms with Gasteiger partial charge in [-0.05, 0) is 25.7 Å². The largest absolute Gasteiger partial charge is 0.462 e. The summed E-state index contributed by atoms with van der Waals surface area (Å²) in [7, 11) is 0. The monoisotopic (exact) mass is 314 g/mol. The van der Waals surface area contributed by atoms with E-state index in [4.69, 9.17) is 9.47 Å². The van der Waals surface area contributed by atoms with Gasteiger partial charge in [0.05, 0.1) is 6.10 Å². The maximum absolute atomic E-state index is 11.8. The molecule has 6 heteroatoms. The van der Waals surface area contributed by atoms with Crippen LogP contribution in [0, 0.1) is 0 Å². The second-order valence-electron chi connectivity index (χ2n) is 5.82. The summed E-state index contributed by atoms with van der Waals surface area (Å²) >= 11 is 0. The van der Waals surface area contributed by atoms with Crippen LogP contribution in [0.5, 0.6) is 0 Å². The Morgan fingerprint density at radius 3 is 2.68 bits per heavy atom. The zero-order valence-electron chi connectivity index (χ0n) is 13.4. The summed E-state index contributed by atoms with van der Waals surface area (Å²) in [6, 6.07) is 0. The van der Waals surface area contributed by atoms with Crippen LogP contribution in [0.4, 0.5) is 0 Å². The molecule has 0 aromatic heterocycles. The number of aliphatic hydroxyl groups excluding tert-OH is 1. The SMILES string of the molecule is CCCCC[C@H]1OC(=O)CC(=O)C[C@H](OC(C)=O)CC[C@@H]1O. The number of hydrogen-bond donors (Lipinski definition) is 1. The van der Waals surface area contributed by atoms with Gasteiger partial charge in [-0.3, -0.25) is 14.4 Å². The van der Waals surface area contributed by atoms with E-state index >= 15 is 0 Å². The molecule has 126 valence electrons. The van der Waals surface area contributed by atoms with Crippen molar-refractivity contribution in [1.29, 1.82) is 0 Å². The minimum Gasteiger partial charge on any atom is -0.462 e. The Morgan fingerprint density at radius 2 is 2.05 bits per heavy atom. The summed E-state index contributed by atoms with van der Waals surface area (Å²) in [5, 5.41) is 10.2. The summed E-state index contributed by atoms with van der Waals surface area (Å²) in [6.07, 6.45) is 1.84. The molecule has 1 N–H and O–H groups in total. The van der Waals surface area contributed by atoms with Crippen LogP contribution in [-0.2, 0) is 23.9 Å². The maximum atomic E-state index is 11.8. The molecule has 0 aromatic rings. The fraction of sp³-hybridized carbons (Fsp3) is 0.812. The van der Waals surface area contributed by atoms with Crippen molar-refractivity contribution in [2.24, 2.45) is 0 Å². The van der Waals surface area contributed by atoms with Crippen LogP contribution in [0.15, 0.2) is 0 Å². The minimum absolute atomic E-state index is 0.0120. The molecule has 0 saturated carbocycles. The van der Waals surface area contributed by atoms with Crippen LogP contribution in [-0.4, -0.2) is 41.1 Å². The topological polar surface area (TPSA) is 89.9 Å². The predicted molar refractivity (Wildman–Crippen MR) is 79.1 cm³/mol. The summed E-state index contributed by atoms with van der Waals surface area (Å²) < 4.78 is 10.3. The van der Waals surface area contributed by atoms with Gasteiger partial charge in [0.25, 0.3) is 0 Å². The number of aliphatic hydroxyl groups is 1. The number of ether oxygens (including phenoxy) is 2. The Kier molecular flexibility index (Phi) is 8.09. The lowest BCUT2D eigenvalue weighted by Gasteiger charge is -2.26. The number of ketones is 1. The van der Waals surface area contributed by atoms with Gasteiger partial charge in [0.15, 0.2) is 0 Å². The molecule has 1 aliphatic heterocycles. The lowest BCUT2D eigenvalue weighted by atomic mass is 9.97. The smallest absolute Gasteiger partial charge is 0.313 e. The molecule has 3 atom stereocenters. The highest BCUT2D eigenvalue weighted by Gasteiger charge is 2.29. The zero-order valence-corrected chi connectivity index (χ0v) is 13.4. The van der Waals surface area contributed by atoms with Crippen molar-refractivity contribution in [2.75, 3.05) is 0 Å². The third-order valence-electron chi connectivity index (χ3n) is 3.72. The highest BCUT2D eigenvalue weighted by molar-refractivity contribution is 5.95. The molecular weight excluding hydrogens is 288 g/mol. The van der Waals surface area contributed by atoms with Gasteiger partial charge >= 0.3 is 11.9 Å². The molecule has 0 unspecified atom stereocenters. The Morgan fingerprint density at radius 1 is 1.32 bits per heavy atom. The van der Waals surface area contributed by atoms with Crippen molar-refractivity contribution >= 4 is 17.7 Å². The fourth-order valence-corrected chi connectivity index (χ4v) is 2.60. The molecule has 1 rings (SSSR count). The number of esters is 2. The van der Waals surface area contributed by atoms with Crippen LogP contribution < -0.4 is 0 Å². The first-order valence-electron chi connectivity index (χ1n) is 7.98. The second-order valence-corrected chi connectivity index (χ2v) is 5.82. The molecule has 1 saturated heterocycles. The van der Waals surface area contributed by atoms with Crippen molar-refractivity contribution < 1.29 is 29.0 Å². The van der Waals surface area contributed by atoms with E-state index in [2.05, 4.69) is 6.92 Å². The third kappa shape index (κ3) is 7.02. The Bertz CT molecular complexity index is 392. The van der Waals surface area contributed by atoms with Crippen molar-refractivity contribution in [3.05, 3.63) is 0 Å². The van der Waals surface area contributed by atoms with Gasteiger partial charge in [0, 0.05) is 13.3 Å². The molecule has 1 aliphatic rings. The number of rotatable bonds is 5. The summed E-state index contributed by atoms with van der Waals surface area (Å²) in [5.41, 5.74) is 0. The first kappa shape index (κ1) is 18.6. The number of cyclic esters (lactones) is 1. The number of unbranched alkanes of at least 4 members (excludes halogenated alkanes) is 2. The van der Waals surface area contributed by atoms with E-state index in [0.717, 1.165) is 19.3 Å². The van der Waals surface area contributed by atoms with E-state index in [9.17, 15) is 19.5 Å². The molecule has 0 radical (unpaired) electrons. The number of hydrogen-bond acceptors (Lipinski definition) is 6. The van der Waals surface area contributed by atoms with Gasteiger partial charge in [-0.1, -0.05) is 19.8 Å². The standard InChI is InChI=1S/C16H26O6/c1-3-4-5-6-15-14(19)8-7-13(21-11(2)17)9-12(18)10-16(20)22-15/h13-15,19H,3-10H2,1-2H3/t13-,14+,15-/m1/s1. The first-order chi connectivity index (χ1) is 10.4. The zero-order chi connectivity index (χ0) is 16.5. The van der Waals surface area contributed by atoms with E-state index in [1.807, 2.05) is 0 Å². The van der Waals surface area contributed by atoms with Crippen LogP contribution >= 0.6 is 0 Å². The summed E-state index contributed by atoms with van der Waals surface area (Å²) in [4.78, 5) is 34.6. The van der Waals surface area contributed by atoms with Crippen molar-refractivity contribution in [3.8, 4) is 0 Å². The summed E-state index contributed by atoms with van der Waals surface area (Å²) in [5.74, 6) is -1.39. The average Bonchev–Trinajstić information content (AvgIpc) is 2.42. The van der Waals surface area contributed by atoms with Crippen LogP contribution in [0.3, 0.4) is 0 Å². The summed E-state index contributed by atoms with van der Waals surface area (Å²) in [6.45, 7) is 3.35. The lowest BCUT2D eigenvalue weighted by Crippen LogP contribution is -2.35. The van der Waals surface area contributed by atoms with E-state index in [1.54, 1.807) is 0 Å². The molecule has 6 nitrogen and oxygen atoms in total. The van der Waals surface area contributed by atoms with E-state index in [1.165, 1.54) is 6.92 Å². The normalized spacial score (nSPS) is 27.1. The van der Waals surface area contributed by atoms with E-state index in [0.29, 0.717) is 19.3 Å². The quantitative estimate of drug-likeness (QED) is 0.473.